The van der Waals surface area contributed by atoms with Gasteiger partial charge in [-0.15, -0.1) is 0 Å². The van der Waals surface area contributed by atoms with Gasteiger partial charge in [-0.2, -0.15) is 0 Å². The molecule has 0 spiro atoms. The molecule has 7 heteroatoms. The zero-order chi connectivity index (χ0) is 19.6. The third-order valence-corrected chi connectivity index (χ3v) is 5.70. The summed E-state index contributed by atoms with van der Waals surface area (Å²) in [6.07, 6.45) is 1.17. The lowest BCUT2D eigenvalue weighted by Crippen LogP contribution is -2.59. The van der Waals surface area contributed by atoms with E-state index in [1.807, 2.05) is 38.1 Å². The highest BCUT2D eigenvalue weighted by atomic mass is 32.2. The molecule has 1 fully saturated rings. The predicted molar refractivity (Wildman–Crippen MR) is 104 cm³/mol. The van der Waals surface area contributed by atoms with E-state index in [0.717, 1.165) is 16.9 Å². The van der Waals surface area contributed by atoms with E-state index in [9.17, 15) is 13.2 Å². The Bertz CT molecular complexity index is 919. The van der Waals surface area contributed by atoms with Gasteiger partial charge in [-0.25, -0.2) is 13.2 Å². The summed E-state index contributed by atoms with van der Waals surface area (Å²) >= 11 is 0. The Morgan fingerprint density at radius 3 is 2.44 bits per heavy atom. The highest BCUT2D eigenvalue weighted by molar-refractivity contribution is 7.90. The van der Waals surface area contributed by atoms with Crippen LogP contribution in [0.5, 0.6) is 5.75 Å². The maximum atomic E-state index is 12.4. The number of nitrogens with one attached hydrogen (secondary N) is 1. The van der Waals surface area contributed by atoms with Crippen LogP contribution in [0, 0.1) is 6.92 Å². The maximum absolute atomic E-state index is 12.4. The van der Waals surface area contributed by atoms with E-state index >= 15 is 0 Å². The van der Waals surface area contributed by atoms with E-state index < -0.39 is 9.84 Å². The van der Waals surface area contributed by atoms with Crippen LogP contribution in [0.25, 0.3) is 0 Å². The molecule has 0 aliphatic carbocycles. The van der Waals surface area contributed by atoms with E-state index in [1.54, 1.807) is 29.2 Å². The molecular formula is C20H24N2O4S. The Morgan fingerprint density at radius 1 is 1.19 bits per heavy atom. The van der Waals surface area contributed by atoms with Crippen molar-refractivity contribution in [3.63, 3.8) is 0 Å². The van der Waals surface area contributed by atoms with Gasteiger partial charge < -0.3 is 15.0 Å². The third-order valence-electron chi connectivity index (χ3n) is 4.58. The van der Waals surface area contributed by atoms with E-state index in [1.165, 1.54) is 6.26 Å². The van der Waals surface area contributed by atoms with Crippen molar-refractivity contribution in [1.82, 2.24) is 10.2 Å². The van der Waals surface area contributed by atoms with Crippen LogP contribution in [0.15, 0.2) is 53.4 Å². The third kappa shape index (κ3) is 4.80. The number of aryl methyl sites for hydroxylation is 1. The zero-order valence-corrected chi connectivity index (χ0v) is 16.5. The van der Waals surface area contributed by atoms with Gasteiger partial charge in [0.25, 0.3) is 0 Å². The lowest BCUT2D eigenvalue weighted by atomic mass is 10.1. The number of carbonyl (C=O) groups excluding carboxylic acids is 1. The Kier molecular flexibility index (Phi) is 5.41. The van der Waals surface area contributed by atoms with Crippen molar-refractivity contribution in [3.05, 3.63) is 59.7 Å². The van der Waals surface area contributed by atoms with Crippen LogP contribution in [-0.4, -0.2) is 44.8 Å². The van der Waals surface area contributed by atoms with Gasteiger partial charge in [0.1, 0.15) is 11.9 Å². The van der Waals surface area contributed by atoms with Gasteiger partial charge in [-0.1, -0.05) is 24.3 Å². The monoisotopic (exact) mass is 388 g/mol. The summed E-state index contributed by atoms with van der Waals surface area (Å²) in [6, 6.07) is 14.0. The molecule has 1 aliphatic rings. The van der Waals surface area contributed by atoms with Crippen LogP contribution in [0.1, 0.15) is 24.1 Å². The van der Waals surface area contributed by atoms with Gasteiger partial charge in [0.2, 0.25) is 0 Å². The fourth-order valence-electron chi connectivity index (χ4n) is 2.92. The maximum Gasteiger partial charge on any atom is 0.318 e. The molecule has 2 aromatic rings. The standard InChI is InChI=1S/C20H24N2O4S/c1-14-5-4-6-17(11-14)26-18-12-22(13-18)20(23)21-15(2)16-7-9-19(10-8-16)27(3,24)25/h4-11,15,18H,12-13H2,1-3H3,(H,21,23)/t15-/m0/s1. The average molecular weight is 388 g/mol. The number of likely N-dealkylation sites (tertiary alicyclic amines) is 1. The molecule has 1 heterocycles. The normalized spacial score (nSPS) is 15.7. The Labute approximate surface area is 160 Å². The van der Waals surface area contributed by atoms with Crippen LogP contribution >= 0.6 is 0 Å². The molecule has 0 unspecified atom stereocenters. The van der Waals surface area contributed by atoms with Gasteiger partial charge >= 0.3 is 6.03 Å². The average Bonchev–Trinajstić information content (AvgIpc) is 2.57. The summed E-state index contributed by atoms with van der Waals surface area (Å²) in [6.45, 7) is 4.96. The van der Waals surface area contributed by atoms with Crippen molar-refractivity contribution in [3.8, 4) is 5.75 Å². The van der Waals surface area contributed by atoms with Gasteiger partial charge in [0.05, 0.1) is 24.0 Å². The topological polar surface area (TPSA) is 75.7 Å². The summed E-state index contributed by atoms with van der Waals surface area (Å²) in [5.74, 6) is 0.819. The number of hydrogen-bond acceptors (Lipinski definition) is 4. The minimum Gasteiger partial charge on any atom is -0.487 e. The molecule has 1 N–H and O–H groups in total. The minimum absolute atomic E-state index is 0.00176. The van der Waals surface area contributed by atoms with E-state index in [0.29, 0.717) is 13.1 Å². The predicted octanol–water partition coefficient (Wildman–Crippen LogP) is 2.93. The molecule has 0 radical (unpaired) electrons. The summed E-state index contributed by atoms with van der Waals surface area (Å²) in [5, 5.41) is 2.93. The fraction of sp³-hybridized carbons (Fsp3) is 0.350. The molecule has 1 atom stereocenters. The number of benzene rings is 2. The Morgan fingerprint density at radius 2 is 1.85 bits per heavy atom. The molecule has 1 saturated heterocycles. The number of carbonyl (C=O) groups is 1. The Balaban J connectivity index is 1.50. The molecule has 2 amide bonds. The lowest BCUT2D eigenvalue weighted by Gasteiger charge is -2.39. The van der Waals surface area contributed by atoms with Crippen molar-refractivity contribution >= 4 is 15.9 Å². The van der Waals surface area contributed by atoms with Gasteiger partial charge in [-0.3, -0.25) is 0 Å². The zero-order valence-electron chi connectivity index (χ0n) is 15.7. The number of rotatable bonds is 5. The SMILES string of the molecule is Cc1cccc(OC2CN(C(=O)N[C@@H](C)c3ccc(S(C)(=O)=O)cc3)C2)c1. The number of hydrogen-bond donors (Lipinski definition) is 1. The molecule has 0 bridgehead atoms. The largest absolute Gasteiger partial charge is 0.487 e. The molecule has 3 rings (SSSR count). The number of nitrogens with zero attached hydrogens (tertiary/aromatic N) is 1. The summed E-state index contributed by atoms with van der Waals surface area (Å²) in [7, 11) is -3.22. The van der Waals surface area contributed by atoms with Crippen LogP contribution in [0.4, 0.5) is 4.79 Å². The van der Waals surface area contributed by atoms with Crippen molar-refractivity contribution < 1.29 is 17.9 Å². The van der Waals surface area contributed by atoms with Crippen molar-refractivity contribution in [2.75, 3.05) is 19.3 Å². The Hall–Kier alpha value is -2.54. The van der Waals surface area contributed by atoms with Gasteiger partial charge in [0, 0.05) is 6.26 Å². The van der Waals surface area contributed by atoms with Crippen LogP contribution in [0.2, 0.25) is 0 Å². The summed E-state index contributed by atoms with van der Waals surface area (Å²) in [4.78, 5) is 14.3. The lowest BCUT2D eigenvalue weighted by molar-refractivity contribution is 0.0436. The van der Waals surface area contributed by atoms with Gasteiger partial charge in [-0.05, 0) is 49.2 Å². The first-order valence-corrected chi connectivity index (χ1v) is 10.7. The highest BCUT2D eigenvalue weighted by Crippen LogP contribution is 2.21. The quantitative estimate of drug-likeness (QED) is 0.854. The molecule has 144 valence electrons. The second-order valence-corrected chi connectivity index (χ2v) is 8.99. The van der Waals surface area contributed by atoms with E-state index in [-0.39, 0.29) is 23.1 Å². The van der Waals surface area contributed by atoms with Crippen molar-refractivity contribution in [2.45, 2.75) is 30.9 Å². The first-order chi connectivity index (χ1) is 12.7. The van der Waals surface area contributed by atoms with Crippen LogP contribution < -0.4 is 10.1 Å². The van der Waals surface area contributed by atoms with Crippen LogP contribution in [0.3, 0.4) is 0 Å². The van der Waals surface area contributed by atoms with Crippen molar-refractivity contribution in [2.24, 2.45) is 0 Å². The van der Waals surface area contributed by atoms with Crippen LogP contribution in [-0.2, 0) is 9.84 Å². The molecule has 6 nitrogen and oxygen atoms in total. The second-order valence-electron chi connectivity index (χ2n) is 6.97. The molecule has 27 heavy (non-hydrogen) atoms. The molecule has 2 aromatic carbocycles. The van der Waals surface area contributed by atoms with E-state index in [2.05, 4.69) is 5.32 Å². The second kappa shape index (κ2) is 7.60. The summed E-state index contributed by atoms with van der Waals surface area (Å²) in [5.41, 5.74) is 1.99. The molecule has 0 aromatic heterocycles. The molecule has 1 aliphatic heterocycles. The van der Waals surface area contributed by atoms with Gasteiger partial charge in [0.15, 0.2) is 9.84 Å². The highest BCUT2D eigenvalue weighted by Gasteiger charge is 2.32. The first-order valence-electron chi connectivity index (χ1n) is 8.81. The number of sulfone groups is 1. The van der Waals surface area contributed by atoms with Crippen molar-refractivity contribution in [1.29, 1.82) is 0 Å². The summed E-state index contributed by atoms with van der Waals surface area (Å²) < 4.78 is 28.9. The molecule has 0 saturated carbocycles. The number of ether oxygens (including phenoxy) is 1. The number of amides is 2. The van der Waals surface area contributed by atoms with E-state index in [4.69, 9.17) is 4.74 Å². The fourth-order valence-corrected chi connectivity index (χ4v) is 3.55. The smallest absolute Gasteiger partial charge is 0.318 e. The number of urea groups is 1. The first kappa shape index (κ1) is 19.2. The minimum atomic E-state index is -3.22. The molecular weight excluding hydrogens is 364 g/mol.